The van der Waals surface area contributed by atoms with Gasteiger partial charge in [-0.25, -0.2) is 4.98 Å². The first-order chi connectivity index (χ1) is 11.1. The van der Waals surface area contributed by atoms with Crippen molar-refractivity contribution in [2.75, 3.05) is 0 Å². The topological polar surface area (TPSA) is 93.9 Å². The predicted molar refractivity (Wildman–Crippen MR) is 84.3 cm³/mol. The molecule has 0 radical (unpaired) electrons. The zero-order valence-electron chi connectivity index (χ0n) is 11.8. The fourth-order valence-corrected chi connectivity index (χ4v) is 2.15. The minimum Gasteiger partial charge on any atom is -0.485 e. The first kappa shape index (κ1) is 15.0. The molecule has 0 aliphatic rings. The van der Waals surface area contributed by atoms with Gasteiger partial charge in [0.1, 0.15) is 12.4 Å². The van der Waals surface area contributed by atoms with Crippen molar-refractivity contribution in [1.29, 1.82) is 0 Å². The molecule has 23 heavy (non-hydrogen) atoms. The molecule has 0 aliphatic heterocycles. The molecule has 1 heterocycles. The molecule has 3 rings (SSSR count). The van der Waals surface area contributed by atoms with Crippen molar-refractivity contribution in [1.82, 2.24) is 15.2 Å². The van der Waals surface area contributed by atoms with Crippen molar-refractivity contribution in [3.63, 3.8) is 0 Å². The number of non-ortho nitro benzene ring substituents is 1. The summed E-state index contributed by atoms with van der Waals surface area (Å²) in [7, 11) is 0. The van der Waals surface area contributed by atoms with Gasteiger partial charge in [-0.1, -0.05) is 29.8 Å². The average Bonchev–Trinajstić information content (AvgIpc) is 3.02. The normalized spacial score (nSPS) is 10.5. The van der Waals surface area contributed by atoms with E-state index in [1.807, 2.05) is 12.1 Å². The number of halogens is 1. The standard InChI is InChI=1S/C15H11ClN4O3/c16-11-4-1-3-10(7-11)15-17-14(18-19-15)9-23-13-6-2-5-12(8-13)20(21)22/h1-8H,9H2,(H,17,18,19). The molecule has 0 aliphatic carbocycles. The third-order valence-electron chi connectivity index (χ3n) is 3.02. The Labute approximate surface area is 136 Å². The number of benzene rings is 2. The maximum absolute atomic E-state index is 10.7. The highest BCUT2D eigenvalue weighted by Gasteiger charge is 2.09. The number of nitro benzene ring substituents is 1. The van der Waals surface area contributed by atoms with E-state index in [1.165, 1.54) is 12.1 Å². The SMILES string of the molecule is O=[N+]([O-])c1cccc(OCc2nc(-c3cccc(Cl)c3)n[nH]2)c1. The lowest BCUT2D eigenvalue weighted by Gasteiger charge is -2.03. The summed E-state index contributed by atoms with van der Waals surface area (Å²) < 4.78 is 5.49. The monoisotopic (exact) mass is 330 g/mol. The third-order valence-corrected chi connectivity index (χ3v) is 3.25. The first-order valence-electron chi connectivity index (χ1n) is 6.66. The molecule has 0 atom stereocenters. The molecule has 2 aromatic carbocycles. The number of rotatable bonds is 5. The fourth-order valence-electron chi connectivity index (χ4n) is 1.96. The maximum Gasteiger partial charge on any atom is 0.273 e. The summed E-state index contributed by atoms with van der Waals surface area (Å²) in [6.45, 7) is 0.120. The molecule has 0 bridgehead atoms. The van der Waals surface area contributed by atoms with E-state index in [4.69, 9.17) is 16.3 Å². The van der Waals surface area contributed by atoms with Crippen LogP contribution in [0.3, 0.4) is 0 Å². The highest BCUT2D eigenvalue weighted by Crippen LogP contribution is 2.21. The molecule has 0 saturated heterocycles. The second-order valence-corrected chi connectivity index (χ2v) is 5.10. The van der Waals surface area contributed by atoms with E-state index in [-0.39, 0.29) is 12.3 Å². The molecule has 0 fully saturated rings. The highest BCUT2D eigenvalue weighted by atomic mass is 35.5. The Balaban J connectivity index is 1.70. The van der Waals surface area contributed by atoms with E-state index in [2.05, 4.69) is 15.2 Å². The molecular formula is C15H11ClN4O3. The molecule has 1 aromatic heterocycles. The van der Waals surface area contributed by atoms with Crippen molar-refractivity contribution in [3.05, 3.63) is 69.5 Å². The number of ether oxygens (including phenoxy) is 1. The Morgan fingerprint density at radius 2 is 2.04 bits per heavy atom. The van der Waals surface area contributed by atoms with E-state index in [0.717, 1.165) is 5.56 Å². The first-order valence-corrected chi connectivity index (χ1v) is 7.04. The summed E-state index contributed by atoms with van der Waals surface area (Å²) >= 11 is 5.94. The van der Waals surface area contributed by atoms with Crippen LogP contribution >= 0.6 is 11.6 Å². The lowest BCUT2D eigenvalue weighted by Crippen LogP contribution is -1.98. The van der Waals surface area contributed by atoms with Gasteiger partial charge in [0.05, 0.1) is 11.0 Å². The van der Waals surface area contributed by atoms with Gasteiger partial charge in [0.2, 0.25) is 0 Å². The number of nitrogens with one attached hydrogen (secondary N) is 1. The molecule has 0 unspecified atom stereocenters. The largest absolute Gasteiger partial charge is 0.485 e. The number of hydrogen-bond acceptors (Lipinski definition) is 5. The van der Waals surface area contributed by atoms with Crippen molar-refractivity contribution in [3.8, 4) is 17.1 Å². The lowest BCUT2D eigenvalue weighted by molar-refractivity contribution is -0.384. The molecule has 0 saturated carbocycles. The van der Waals surface area contributed by atoms with Gasteiger partial charge in [0.15, 0.2) is 11.6 Å². The Morgan fingerprint density at radius 1 is 1.22 bits per heavy atom. The molecular weight excluding hydrogens is 320 g/mol. The fraction of sp³-hybridized carbons (Fsp3) is 0.0667. The van der Waals surface area contributed by atoms with Gasteiger partial charge in [0.25, 0.3) is 5.69 Å². The maximum atomic E-state index is 10.7. The van der Waals surface area contributed by atoms with Gasteiger partial charge in [-0.05, 0) is 18.2 Å². The van der Waals surface area contributed by atoms with Gasteiger partial charge in [-0.2, -0.15) is 5.10 Å². The summed E-state index contributed by atoms with van der Waals surface area (Å²) in [6.07, 6.45) is 0. The minimum atomic E-state index is -0.474. The van der Waals surface area contributed by atoms with Gasteiger partial charge in [-0.3, -0.25) is 15.2 Å². The van der Waals surface area contributed by atoms with E-state index < -0.39 is 4.92 Å². The molecule has 3 aromatic rings. The van der Waals surface area contributed by atoms with Crippen LogP contribution in [0.15, 0.2) is 48.5 Å². The van der Waals surface area contributed by atoms with E-state index >= 15 is 0 Å². The van der Waals surface area contributed by atoms with Crippen LogP contribution in [0.4, 0.5) is 5.69 Å². The lowest BCUT2D eigenvalue weighted by atomic mass is 10.2. The van der Waals surface area contributed by atoms with Crippen molar-refractivity contribution in [2.24, 2.45) is 0 Å². The summed E-state index contributed by atoms with van der Waals surface area (Å²) in [5.41, 5.74) is 0.759. The second-order valence-electron chi connectivity index (χ2n) is 4.66. The Hall–Kier alpha value is -2.93. The number of aromatic amines is 1. The van der Waals surface area contributed by atoms with Crippen LogP contribution in [0, 0.1) is 10.1 Å². The molecule has 0 spiro atoms. The summed E-state index contributed by atoms with van der Waals surface area (Å²) in [5.74, 6) is 1.40. The van der Waals surface area contributed by atoms with Gasteiger partial charge in [-0.15, -0.1) is 0 Å². The number of nitro groups is 1. The van der Waals surface area contributed by atoms with Crippen LogP contribution < -0.4 is 4.74 Å². The van der Waals surface area contributed by atoms with Crippen LogP contribution in [-0.4, -0.2) is 20.1 Å². The van der Waals surface area contributed by atoms with Gasteiger partial charge < -0.3 is 4.74 Å². The smallest absolute Gasteiger partial charge is 0.273 e. The summed E-state index contributed by atoms with van der Waals surface area (Å²) in [6, 6.07) is 13.1. The zero-order valence-corrected chi connectivity index (χ0v) is 12.5. The van der Waals surface area contributed by atoms with E-state index in [0.29, 0.717) is 22.4 Å². The number of hydrogen-bond donors (Lipinski definition) is 1. The number of aromatic nitrogens is 3. The minimum absolute atomic E-state index is 0.0281. The van der Waals surface area contributed by atoms with Crippen LogP contribution in [0.25, 0.3) is 11.4 Å². The van der Waals surface area contributed by atoms with Crippen molar-refractivity contribution < 1.29 is 9.66 Å². The third kappa shape index (κ3) is 3.64. The highest BCUT2D eigenvalue weighted by molar-refractivity contribution is 6.30. The second kappa shape index (κ2) is 6.45. The predicted octanol–water partition coefficient (Wildman–Crippen LogP) is 3.61. The molecule has 8 heteroatoms. The summed E-state index contributed by atoms with van der Waals surface area (Å²) in [4.78, 5) is 14.6. The number of H-pyrrole nitrogens is 1. The quantitative estimate of drug-likeness (QED) is 0.569. The van der Waals surface area contributed by atoms with E-state index in [1.54, 1.807) is 24.3 Å². The van der Waals surface area contributed by atoms with Crippen molar-refractivity contribution in [2.45, 2.75) is 6.61 Å². The van der Waals surface area contributed by atoms with Gasteiger partial charge in [0, 0.05) is 16.7 Å². The molecule has 116 valence electrons. The molecule has 0 amide bonds. The zero-order chi connectivity index (χ0) is 16.2. The summed E-state index contributed by atoms with van der Waals surface area (Å²) in [5, 5.41) is 18.2. The van der Waals surface area contributed by atoms with Crippen LogP contribution in [0.5, 0.6) is 5.75 Å². The molecule has 1 N–H and O–H groups in total. The average molecular weight is 331 g/mol. The van der Waals surface area contributed by atoms with Gasteiger partial charge >= 0.3 is 0 Å². The molecule has 7 nitrogen and oxygen atoms in total. The number of nitrogens with zero attached hydrogens (tertiary/aromatic N) is 3. The van der Waals surface area contributed by atoms with Crippen LogP contribution in [0.2, 0.25) is 5.02 Å². The van der Waals surface area contributed by atoms with E-state index in [9.17, 15) is 10.1 Å². The van der Waals surface area contributed by atoms with Crippen molar-refractivity contribution >= 4 is 17.3 Å². The van der Waals surface area contributed by atoms with Crippen LogP contribution in [-0.2, 0) is 6.61 Å². The Morgan fingerprint density at radius 3 is 2.83 bits per heavy atom. The van der Waals surface area contributed by atoms with Crippen LogP contribution in [0.1, 0.15) is 5.82 Å². The Bertz CT molecular complexity index is 850. The Kier molecular flexibility index (Phi) is 4.20.